The third-order valence-corrected chi connectivity index (χ3v) is 6.98. The first-order chi connectivity index (χ1) is 18.4. The number of likely N-dealkylation sites (N-methyl/N-ethyl adjacent to an activating group) is 1. The second kappa shape index (κ2) is 10.5. The van der Waals surface area contributed by atoms with Crippen molar-refractivity contribution in [2.45, 2.75) is 6.92 Å². The molecule has 0 unspecified atom stereocenters. The van der Waals surface area contributed by atoms with Gasteiger partial charge >= 0.3 is 0 Å². The van der Waals surface area contributed by atoms with Crippen molar-refractivity contribution in [2.24, 2.45) is 7.05 Å². The lowest BCUT2D eigenvalue weighted by molar-refractivity contribution is -0.111. The summed E-state index contributed by atoms with van der Waals surface area (Å²) in [5.41, 5.74) is 6.23. The Kier molecular flexibility index (Phi) is 7.02. The number of anilines is 4. The smallest absolute Gasteiger partial charge is 0.247 e. The molecule has 1 aliphatic rings. The standard InChI is InChI=1S/C29H33N7O2/c1-6-27(37)31-22-15-23(26(38-5)16-25(22)36-13-11-34(3)12-14-36)32-29-30-17-19(2)28(33-29)21-18-35(4)24-10-8-7-9-20(21)24/h6-10,15-18H,1,11-14H2,2-5H3,(H,31,37)(H,30,32,33). The van der Waals surface area contributed by atoms with Crippen LogP contribution >= 0.6 is 0 Å². The van der Waals surface area contributed by atoms with E-state index >= 15 is 0 Å². The molecule has 3 heterocycles. The summed E-state index contributed by atoms with van der Waals surface area (Å²) >= 11 is 0. The lowest BCUT2D eigenvalue weighted by Crippen LogP contribution is -2.44. The topological polar surface area (TPSA) is 87.5 Å². The number of carbonyl (C=O) groups is 1. The molecule has 0 spiro atoms. The van der Waals surface area contributed by atoms with Gasteiger partial charge in [0.1, 0.15) is 5.75 Å². The molecule has 4 aromatic rings. The molecule has 1 fully saturated rings. The van der Waals surface area contributed by atoms with Crippen LogP contribution in [0.25, 0.3) is 22.2 Å². The SMILES string of the molecule is C=CC(=O)Nc1cc(Nc2ncc(C)c(-c3cn(C)c4ccccc34)n2)c(OC)cc1N1CCN(C)CC1. The second-order valence-electron chi connectivity index (χ2n) is 9.57. The van der Waals surface area contributed by atoms with Gasteiger partial charge in [-0.1, -0.05) is 24.8 Å². The monoisotopic (exact) mass is 511 g/mol. The minimum atomic E-state index is -0.277. The quantitative estimate of drug-likeness (QED) is 0.352. The molecule has 1 amide bonds. The van der Waals surface area contributed by atoms with Crippen LogP contribution in [-0.2, 0) is 11.8 Å². The van der Waals surface area contributed by atoms with E-state index in [1.807, 2.05) is 44.4 Å². The molecular formula is C29H33N7O2. The van der Waals surface area contributed by atoms with E-state index < -0.39 is 0 Å². The van der Waals surface area contributed by atoms with E-state index in [0.717, 1.165) is 59.6 Å². The van der Waals surface area contributed by atoms with Crippen LogP contribution in [0.2, 0.25) is 0 Å². The first-order valence-electron chi connectivity index (χ1n) is 12.6. The number of benzene rings is 2. The maximum Gasteiger partial charge on any atom is 0.247 e. The van der Waals surface area contributed by atoms with Gasteiger partial charge < -0.3 is 29.7 Å². The fourth-order valence-corrected chi connectivity index (χ4v) is 4.85. The molecule has 196 valence electrons. The Morgan fingerprint density at radius 3 is 2.61 bits per heavy atom. The molecular weight excluding hydrogens is 478 g/mol. The highest BCUT2D eigenvalue weighted by molar-refractivity contribution is 6.02. The van der Waals surface area contributed by atoms with Crippen LogP contribution in [-0.4, -0.2) is 65.7 Å². The predicted octanol–water partition coefficient (Wildman–Crippen LogP) is 4.57. The predicted molar refractivity (Wildman–Crippen MR) is 153 cm³/mol. The maximum atomic E-state index is 12.3. The van der Waals surface area contributed by atoms with Gasteiger partial charge in [0.15, 0.2) is 0 Å². The molecule has 1 aliphatic heterocycles. The van der Waals surface area contributed by atoms with Crippen molar-refractivity contribution in [1.29, 1.82) is 0 Å². The van der Waals surface area contributed by atoms with Crippen molar-refractivity contribution in [2.75, 3.05) is 55.9 Å². The van der Waals surface area contributed by atoms with Crippen molar-refractivity contribution < 1.29 is 9.53 Å². The number of methoxy groups -OCH3 is 1. The zero-order valence-electron chi connectivity index (χ0n) is 22.3. The van der Waals surface area contributed by atoms with E-state index in [0.29, 0.717) is 23.1 Å². The highest BCUT2D eigenvalue weighted by atomic mass is 16.5. The van der Waals surface area contributed by atoms with Gasteiger partial charge in [-0.2, -0.15) is 0 Å². The number of rotatable bonds is 7. The number of amides is 1. The molecule has 0 saturated carbocycles. The van der Waals surface area contributed by atoms with Gasteiger partial charge in [-0.25, -0.2) is 9.97 Å². The zero-order valence-corrected chi connectivity index (χ0v) is 22.3. The van der Waals surface area contributed by atoms with Crippen LogP contribution in [0.3, 0.4) is 0 Å². The molecule has 9 nitrogen and oxygen atoms in total. The molecule has 0 radical (unpaired) electrons. The van der Waals surface area contributed by atoms with Crippen molar-refractivity contribution in [3.05, 3.63) is 67.0 Å². The number of hydrogen-bond donors (Lipinski definition) is 2. The summed E-state index contributed by atoms with van der Waals surface area (Å²) in [6.45, 7) is 9.18. The zero-order chi connectivity index (χ0) is 26.8. The minimum absolute atomic E-state index is 0.277. The summed E-state index contributed by atoms with van der Waals surface area (Å²) in [6.07, 6.45) is 5.18. The fraction of sp³-hybridized carbons (Fsp3) is 0.276. The number of ether oxygens (including phenoxy) is 1. The highest BCUT2D eigenvalue weighted by Gasteiger charge is 2.21. The van der Waals surface area contributed by atoms with Gasteiger partial charge in [-0.15, -0.1) is 0 Å². The summed E-state index contributed by atoms with van der Waals surface area (Å²) in [5, 5.41) is 7.42. The Morgan fingerprint density at radius 2 is 1.87 bits per heavy atom. The number of hydrogen-bond acceptors (Lipinski definition) is 7. The maximum absolute atomic E-state index is 12.3. The summed E-state index contributed by atoms with van der Waals surface area (Å²) in [4.78, 5) is 26.3. The van der Waals surface area contributed by atoms with Crippen LogP contribution in [0.4, 0.5) is 23.0 Å². The van der Waals surface area contributed by atoms with Gasteiger partial charge in [0.2, 0.25) is 11.9 Å². The lowest BCUT2D eigenvalue weighted by atomic mass is 10.1. The number of nitrogens with zero attached hydrogens (tertiary/aromatic N) is 5. The second-order valence-corrected chi connectivity index (χ2v) is 9.57. The van der Waals surface area contributed by atoms with Crippen LogP contribution in [0.5, 0.6) is 5.75 Å². The number of para-hydroxylation sites is 1. The summed E-state index contributed by atoms with van der Waals surface area (Å²) in [7, 11) is 5.78. The number of nitrogens with one attached hydrogen (secondary N) is 2. The van der Waals surface area contributed by atoms with E-state index in [9.17, 15) is 4.79 Å². The molecule has 38 heavy (non-hydrogen) atoms. The molecule has 0 aliphatic carbocycles. The minimum Gasteiger partial charge on any atom is -0.494 e. The Balaban J connectivity index is 1.54. The van der Waals surface area contributed by atoms with Crippen molar-refractivity contribution in [3.8, 4) is 17.0 Å². The van der Waals surface area contributed by atoms with E-state index in [1.54, 1.807) is 7.11 Å². The normalized spacial score (nSPS) is 13.9. The van der Waals surface area contributed by atoms with Gasteiger partial charge in [-0.05, 0) is 37.7 Å². The van der Waals surface area contributed by atoms with Gasteiger partial charge in [0, 0.05) is 68.2 Å². The highest BCUT2D eigenvalue weighted by Crippen LogP contribution is 2.39. The van der Waals surface area contributed by atoms with Crippen LogP contribution < -0.4 is 20.3 Å². The first-order valence-corrected chi connectivity index (χ1v) is 12.6. The number of aromatic nitrogens is 3. The van der Waals surface area contributed by atoms with Crippen molar-refractivity contribution in [1.82, 2.24) is 19.4 Å². The van der Waals surface area contributed by atoms with Crippen molar-refractivity contribution >= 4 is 39.8 Å². The molecule has 2 N–H and O–H groups in total. The average molecular weight is 512 g/mol. The lowest BCUT2D eigenvalue weighted by Gasteiger charge is -2.35. The summed E-state index contributed by atoms with van der Waals surface area (Å²) < 4.78 is 7.87. The van der Waals surface area contributed by atoms with E-state index in [1.165, 1.54) is 6.08 Å². The fourth-order valence-electron chi connectivity index (χ4n) is 4.85. The largest absolute Gasteiger partial charge is 0.494 e. The van der Waals surface area contributed by atoms with Gasteiger partial charge in [0.05, 0.1) is 29.9 Å². The molecule has 0 atom stereocenters. The average Bonchev–Trinajstić information content (AvgIpc) is 3.26. The van der Waals surface area contributed by atoms with Gasteiger partial charge in [-0.3, -0.25) is 4.79 Å². The van der Waals surface area contributed by atoms with Gasteiger partial charge in [0.25, 0.3) is 0 Å². The Morgan fingerprint density at radius 1 is 1.11 bits per heavy atom. The third kappa shape index (κ3) is 4.92. The van der Waals surface area contributed by atoms with Crippen LogP contribution in [0, 0.1) is 6.92 Å². The Hall–Kier alpha value is -4.37. The molecule has 9 heteroatoms. The van der Waals surface area contributed by atoms with Crippen molar-refractivity contribution in [3.63, 3.8) is 0 Å². The molecule has 1 saturated heterocycles. The Labute approximate surface area is 222 Å². The summed E-state index contributed by atoms with van der Waals surface area (Å²) in [6, 6.07) is 12.1. The van der Waals surface area contributed by atoms with E-state index in [-0.39, 0.29) is 5.91 Å². The van der Waals surface area contributed by atoms with E-state index in [2.05, 4.69) is 61.9 Å². The van der Waals surface area contributed by atoms with E-state index in [4.69, 9.17) is 9.72 Å². The molecule has 2 aromatic heterocycles. The molecule has 2 aromatic carbocycles. The van der Waals surface area contributed by atoms with Crippen LogP contribution in [0.15, 0.2) is 61.4 Å². The first kappa shape index (κ1) is 25.3. The third-order valence-electron chi connectivity index (χ3n) is 6.98. The number of aryl methyl sites for hydroxylation is 2. The molecule has 5 rings (SSSR count). The number of piperazine rings is 1. The number of carbonyl (C=O) groups excluding carboxylic acids is 1. The number of fused-ring (bicyclic) bond motifs is 1. The molecule has 0 bridgehead atoms. The van der Waals surface area contributed by atoms with Crippen LogP contribution in [0.1, 0.15) is 5.56 Å². The summed E-state index contributed by atoms with van der Waals surface area (Å²) in [5.74, 6) is 0.790. The Bertz CT molecular complexity index is 1500.